The van der Waals surface area contributed by atoms with Crippen LogP contribution in [0.25, 0.3) is 10.9 Å². The van der Waals surface area contributed by atoms with Crippen molar-refractivity contribution in [3.63, 3.8) is 0 Å². The van der Waals surface area contributed by atoms with Gasteiger partial charge >= 0.3 is 0 Å². The van der Waals surface area contributed by atoms with Gasteiger partial charge < -0.3 is 5.73 Å². The van der Waals surface area contributed by atoms with E-state index in [4.69, 9.17) is 5.73 Å². The van der Waals surface area contributed by atoms with Crippen molar-refractivity contribution in [1.29, 1.82) is 0 Å². The van der Waals surface area contributed by atoms with Gasteiger partial charge in [0.2, 0.25) is 0 Å². The number of nitrogens with zero attached hydrogens (tertiary/aromatic N) is 2. The van der Waals surface area contributed by atoms with Crippen LogP contribution >= 0.6 is 0 Å². The number of halogens is 1. The Hall–Kier alpha value is -2.73. The van der Waals surface area contributed by atoms with E-state index in [2.05, 4.69) is 10.4 Å². The van der Waals surface area contributed by atoms with E-state index in [9.17, 15) is 9.18 Å². The summed E-state index contributed by atoms with van der Waals surface area (Å²) < 4.78 is 15.3. The smallest absolute Gasteiger partial charge is 0.283 e. The van der Waals surface area contributed by atoms with Gasteiger partial charge in [-0.05, 0) is 30.7 Å². The number of anilines is 1. The van der Waals surface area contributed by atoms with Gasteiger partial charge in [-0.2, -0.15) is 0 Å². The number of fused-ring (bicyclic) bond motifs is 1. The van der Waals surface area contributed by atoms with Gasteiger partial charge in [-0.1, -0.05) is 31.2 Å². The zero-order valence-corrected chi connectivity index (χ0v) is 12.7. The number of hydrogen-bond donors (Lipinski definition) is 2. The first kappa shape index (κ1) is 15.2. The summed E-state index contributed by atoms with van der Waals surface area (Å²) in [6, 6.07) is 13.1. The minimum Gasteiger partial charge on any atom is -0.321 e. The summed E-state index contributed by atoms with van der Waals surface area (Å²) in [6.45, 7) is 1.90. The predicted molar refractivity (Wildman–Crippen MR) is 88.6 cm³/mol. The molecule has 0 spiro atoms. The Morgan fingerprint density at radius 3 is 2.65 bits per heavy atom. The van der Waals surface area contributed by atoms with Crippen molar-refractivity contribution in [2.24, 2.45) is 5.73 Å². The van der Waals surface area contributed by atoms with Crippen LogP contribution in [0.4, 0.5) is 10.1 Å². The van der Waals surface area contributed by atoms with Crippen LogP contribution in [0.1, 0.15) is 25.2 Å². The molecule has 0 bridgehead atoms. The molecule has 0 aliphatic carbocycles. The lowest BCUT2D eigenvalue weighted by Gasteiger charge is -2.18. The molecule has 2 aromatic carbocycles. The molecular weight excluding hydrogens is 295 g/mol. The fourth-order valence-corrected chi connectivity index (χ4v) is 2.39. The van der Waals surface area contributed by atoms with Crippen LogP contribution in [0.2, 0.25) is 0 Å². The first-order valence-corrected chi connectivity index (χ1v) is 7.40. The molecule has 1 atom stereocenters. The van der Waals surface area contributed by atoms with Crippen molar-refractivity contribution in [3.05, 3.63) is 70.5 Å². The maximum Gasteiger partial charge on any atom is 0.283 e. The van der Waals surface area contributed by atoms with Gasteiger partial charge in [0, 0.05) is 0 Å². The van der Waals surface area contributed by atoms with Crippen LogP contribution in [-0.4, -0.2) is 9.66 Å². The van der Waals surface area contributed by atoms with E-state index in [0.29, 0.717) is 23.4 Å². The van der Waals surface area contributed by atoms with Crippen molar-refractivity contribution in [1.82, 2.24) is 9.66 Å². The second-order valence-electron chi connectivity index (χ2n) is 5.24. The summed E-state index contributed by atoms with van der Waals surface area (Å²) in [5.74, 6) is -0.223. The quantitative estimate of drug-likeness (QED) is 0.777. The van der Waals surface area contributed by atoms with Crippen LogP contribution in [0.3, 0.4) is 0 Å². The average Bonchev–Trinajstić information content (AvgIpc) is 2.57. The fraction of sp³-hybridized carbons (Fsp3) is 0.176. The third kappa shape index (κ3) is 2.80. The van der Waals surface area contributed by atoms with E-state index in [1.807, 2.05) is 25.1 Å². The lowest BCUT2D eigenvalue weighted by molar-refractivity contribution is 0.601. The monoisotopic (exact) mass is 312 g/mol. The maximum absolute atomic E-state index is 14.1. The second-order valence-corrected chi connectivity index (χ2v) is 5.24. The first-order chi connectivity index (χ1) is 11.1. The third-order valence-corrected chi connectivity index (χ3v) is 3.66. The summed E-state index contributed by atoms with van der Waals surface area (Å²) in [5.41, 5.74) is 9.55. The molecule has 0 amide bonds. The number of aromatic nitrogens is 2. The Balaban J connectivity index is 2.26. The van der Waals surface area contributed by atoms with E-state index >= 15 is 0 Å². The predicted octanol–water partition coefficient (Wildman–Crippen LogP) is 2.82. The Bertz CT molecular complexity index is 892. The molecule has 3 rings (SSSR count). The van der Waals surface area contributed by atoms with Crippen molar-refractivity contribution in [2.75, 3.05) is 5.43 Å². The molecule has 0 fully saturated rings. The Morgan fingerprint density at radius 2 is 1.96 bits per heavy atom. The van der Waals surface area contributed by atoms with Crippen molar-refractivity contribution in [2.45, 2.75) is 19.4 Å². The summed E-state index contributed by atoms with van der Waals surface area (Å²) in [6.07, 6.45) is 0.601. The second kappa shape index (κ2) is 6.18. The molecule has 0 saturated heterocycles. The summed E-state index contributed by atoms with van der Waals surface area (Å²) in [4.78, 5) is 17.2. The van der Waals surface area contributed by atoms with Crippen molar-refractivity contribution >= 4 is 16.6 Å². The SMILES string of the molecule is CCC(N)c1nc2cccc(F)c2c(=O)n1Nc1ccccc1. The van der Waals surface area contributed by atoms with Crippen LogP contribution in [0.5, 0.6) is 0 Å². The largest absolute Gasteiger partial charge is 0.321 e. The minimum absolute atomic E-state index is 0.0528. The van der Waals surface area contributed by atoms with E-state index in [-0.39, 0.29) is 5.39 Å². The zero-order chi connectivity index (χ0) is 16.4. The van der Waals surface area contributed by atoms with Crippen LogP contribution in [0, 0.1) is 5.82 Å². The topological polar surface area (TPSA) is 72.9 Å². The number of benzene rings is 2. The van der Waals surface area contributed by atoms with E-state index in [1.54, 1.807) is 18.2 Å². The molecule has 1 heterocycles. The number of nitrogens with one attached hydrogen (secondary N) is 1. The number of hydrogen-bond acceptors (Lipinski definition) is 4. The molecule has 0 aliphatic heterocycles. The van der Waals surface area contributed by atoms with Gasteiger partial charge in [-0.25, -0.2) is 14.1 Å². The lowest BCUT2D eigenvalue weighted by Crippen LogP contribution is -2.34. The maximum atomic E-state index is 14.1. The number of nitrogens with two attached hydrogens (primary N) is 1. The fourth-order valence-electron chi connectivity index (χ4n) is 2.39. The standard InChI is InChI=1S/C17H17FN4O/c1-2-13(19)16-20-14-10-6-9-12(18)15(14)17(23)22(16)21-11-7-4-3-5-8-11/h3-10,13,21H,2,19H2,1H3. The van der Waals surface area contributed by atoms with Gasteiger partial charge in [-0.15, -0.1) is 0 Å². The molecular formula is C17H17FN4O. The molecule has 3 aromatic rings. The van der Waals surface area contributed by atoms with E-state index in [0.717, 1.165) is 0 Å². The molecule has 23 heavy (non-hydrogen) atoms. The van der Waals surface area contributed by atoms with Gasteiger partial charge in [0.25, 0.3) is 5.56 Å². The molecule has 5 nitrogen and oxygen atoms in total. The first-order valence-electron chi connectivity index (χ1n) is 7.40. The van der Waals surface area contributed by atoms with Gasteiger partial charge in [-0.3, -0.25) is 10.2 Å². The molecule has 3 N–H and O–H groups in total. The molecule has 0 radical (unpaired) electrons. The summed E-state index contributed by atoms with van der Waals surface area (Å²) in [7, 11) is 0. The molecule has 1 aromatic heterocycles. The minimum atomic E-state index is -0.597. The van der Waals surface area contributed by atoms with Gasteiger partial charge in [0.05, 0.1) is 17.2 Å². The molecule has 6 heteroatoms. The number of para-hydroxylation sites is 1. The van der Waals surface area contributed by atoms with Crippen LogP contribution in [-0.2, 0) is 0 Å². The summed E-state index contributed by atoms with van der Waals surface area (Å²) in [5, 5.41) is -0.0528. The van der Waals surface area contributed by atoms with E-state index in [1.165, 1.54) is 16.8 Å². The molecule has 1 unspecified atom stereocenters. The van der Waals surface area contributed by atoms with E-state index < -0.39 is 17.4 Å². The highest BCUT2D eigenvalue weighted by atomic mass is 19.1. The van der Waals surface area contributed by atoms with Gasteiger partial charge in [0.15, 0.2) is 0 Å². The van der Waals surface area contributed by atoms with Gasteiger partial charge in [0.1, 0.15) is 17.0 Å². The number of rotatable bonds is 4. The van der Waals surface area contributed by atoms with Crippen molar-refractivity contribution < 1.29 is 4.39 Å². The Morgan fingerprint density at radius 1 is 1.22 bits per heavy atom. The molecule has 0 saturated carbocycles. The highest BCUT2D eigenvalue weighted by Crippen LogP contribution is 2.17. The van der Waals surface area contributed by atoms with Crippen LogP contribution in [0.15, 0.2) is 53.3 Å². The molecule has 0 aliphatic rings. The summed E-state index contributed by atoms with van der Waals surface area (Å²) >= 11 is 0. The Labute approximate surface area is 132 Å². The highest BCUT2D eigenvalue weighted by molar-refractivity contribution is 5.78. The highest BCUT2D eigenvalue weighted by Gasteiger charge is 2.18. The third-order valence-electron chi connectivity index (χ3n) is 3.66. The lowest BCUT2D eigenvalue weighted by atomic mass is 10.2. The average molecular weight is 312 g/mol. The van der Waals surface area contributed by atoms with Crippen LogP contribution < -0.4 is 16.7 Å². The molecule has 118 valence electrons. The zero-order valence-electron chi connectivity index (χ0n) is 12.7. The van der Waals surface area contributed by atoms with Crippen molar-refractivity contribution in [3.8, 4) is 0 Å². The normalized spacial score (nSPS) is 12.3. The Kier molecular flexibility index (Phi) is 4.08.